The molecule has 2 fully saturated rings. The summed E-state index contributed by atoms with van der Waals surface area (Å²) in [6.45, 7) is 6.37. The zero-order chi connectivity index (χ0) is 24.2. The highest BCUT2D eigenvalue weighted by molar-refractivity contribution is 7.91. The van der Waals surface area contributed by atoms with Gasteiger partial charge in [-0.05, 0) is 57.4 Å². The Morgan fingerprint density at radius 1 is 1.06 bits per heavy atom. The lowest BCUT2D eigenvalue weighted by Crippen LogP contribution is -2.43. The Kier molecular flexibility index (Phi) is 7.66. The van der Waals surface area contributed by atoms with Gasteiger partial charge in [0.05, 0.1) is 17.1 Å². The molecule has 0 aliphatic carbocycles. The Morgan fingerprint density at radius 3 is 2.24 bits per heavy atom. The number of hydrogen-bond donors (Lipinski definition) is 1. The second-order valence-electron chi connectivity index (χ2n) is 9.67. The van der Waals surface area contributed by atoms with E-state index in [4.69, 9.17) is 9.47 Å². The number of anilines is 1. The Morgan fingerprint density at radius 2 is 1.70 bits per heavy atom. The minimum absolute atomic E-state index is 0.0574. The van der Waals surface area contributed by atoms with Crippen molar-refractivity contribution in [2.75, 3.05) is 29.9 Å². The molecule has 10 heteroatoms. The fourth-order valence-corrected chi connectivity index (χ4v) is 5.76. The number of ether oxygens (including phenoxy) is 2. The van der Waals surface area contributed by atoms with E-state index in [1.165, 1.54) is 0 Å². The third kappa shape index (κ3) is 7.73. The molecule has 1 aromatic rings. The molecular formula is C23H32N2O7S. The third-order valence-corrected chi connectivity index (χ3v) is 7.41. The first-order valence-corrected chi connectivity index (χ1v) is 13.0. The first kappa shape index (κ1) is 25.0. The summed E-state index contributed by atoms with van der Waals surface area (Å²) in [6, 6.07) is 6.39. The predicted octanol–water partition coefficient (Wildman–Crippen LogP) is 3.01. The summed E-state index contributed by atoms with van der Waals surface area (Å²) >= 11 is 0. The van der Waals surface area contributed by atoms with Crippen molar-refractivity contribution in [2.24, 2.45) is 5.92 Å². The maximum atomic E-state index is 12.5. The van der Waals surface area contributed by atoms with Gasteiger partial charge < -0.3 is 19.7 Å². The Hall–Kier alpha value is -2.62. The fourth-order valence-electron chi connectivity index (χ4n) is 3.90. The van der Waals surface area contributed by atoms with Gasteiger partial charge >= 0.3 is 12.1 Å². The predicted molar refractivity (Wildman–Crippen MR) is 123 cm³/mol. The Bertz CT molecular complexity index is 975. The number of likely N-dealkylation sites (tertiary alicyclic amines) is 1. The third-order valence-electron chi connectivity index (χ3n) is 5.57. The number of benzene rings is 1. The second-order valence-corrected chi connectivity index (χ2v) is 11.9. The molecule has 0 spiro atoms. The van der Waals surface area contributed by atoms with Crippen LogP contribution < -0.4 is 5.32 Å². The van der Waals surface area contributed by atoms with Crippen LogP contribution in [0.3, 0.4) is 0 Å². The summed E-state index contributed by atoms with van der Waals surface area (Å²) in [4.78, 5) is 38.4. The number of rotatable bonds is 5. The standard InChI is InChI=1S/C23H32N2O7S/c1-23(2,3)32-22(28)25-11-8-19(9-12-25)31-21(27)17-4-6-18(7-5-17)24-20(26)14-16-10-13-33(29,30)15-16/h4-7,16,19H,8-15H2,1-3H3,(H,24,26). The normalized spacial score (nSPS) is 20.8. The van der Waals surface area contributed by atoms with Crippen molar-refractivity contribution in [1.29, 1.82) is 0 Å². The van der Waals surface area contributed by atoms with E-state index in [0.717, 1.165) is 0 Å². The van der Waals surface area contributed by atoms with Gasteiger partial charge in [0.1, 0.15) is 11.7 Å². The van der Waals surface area contributed by atoms with Crippen LogP contribution in [0, 0.1) is 5.92 Å². The zero-order valence-electron chi connectivity index (χ0n) is 19.3. The summed E-state index contributed by atoms with van der Waals surface area (Å²) in [5, 5.41) is 2.74. The molecule has 0 bridgehead atoms. The van der Waals surface area contributed by atoms with Crippen molar-refractivity contribution >= 4 is 33.5 Å². The topological polar surface area (TPSA) is 119 Å². The van der Waals surface area contributed by atoms with Crippen molar-refractivity contribution in [3.63, 3.8) is 0 Å². The van der Waals surface area contributed by atoms with Gasteiger partial charge in [-0.2, -0.15) is 0 Å². The molecule has 2 saturated heterocycles. The molecule has 9 nitrogen and oxygen atoms in total. The van der Waals surface area contributed by atoms with Crippen molar-refractivity contribution in [2.45, 2.75) is 58.2 Å². The minimum atomic E-state index is -3.01. The second kappa shape index (κ2) is 10.1. The number of hydrogen-bond acceptors (Lipinski definition) is 7. The van der Waals surface area contributed by atoms with Gasteiger partial charge in [-0.3, -0.25) is 4.79 Å². The zero-order valence-corrected chi connectivity index (χ0v) is 20.2. The van der Waals surface area contributed by atoms with Crippen molar-refractivity contribution in [1.82, 2.24) is 4.90 Å². The van der Waals surface area contributed by atoms with Crippen LogP contribution in [0.5, 0.6) is 0 Å². The molecule has 2 aliphatic heterocycles. The molecule has 1 N–H and O–H groups in total. The molecule has 2 heterocycles. The van der Waals surface area contributed by atoms with Crippen LogP contribution >= 0.6 is 0 Å². The summed E-state index contributed by atoms with van der Waals surface area (Å²) < 4.78 is 34.0. The largest absolute Gasteiger partial charge is 0.459 e. The van der Waals surface area contributed by atoms with Gasteiger partial charge in [-0.25, -0.2) is 18.0 Å². The number of nitrogens with zero attached hydrogens (tertiary/aromatic N) is 1. The molecule has 1 unspecified atom stereocenters. The van der Waals surface area contributed by atoms with Gasteiger partial charge in [-0.15, -0.1) is 0 Å². The molecule has 182 valence electrons. The maximum Gasteiger partial charge on any atom is 0.410 e. The van der Waals surface area contributed by atoms with Crippen molar-refractivity contribution < 1.29 is 32.3 Å². The number of nitrogens with one attached hydrogen (secondary N) is 1. The number of sulfone groups is 1. The van der Waals surface area contributed by atoms with E-state index in [2.05, 4.69) is 5.32 Å². The van der Waals surface area contributed by atoms with Crippen molar-refractivity contribution in [3.05, 3.63) is 29.8 Å². The van der Waals surface area contributed by atoms with Crippen molar-refractivity contribution in [3.8, 4) is 0 Å². The lowest BCUT2D eigenvalue weighted by atomic mass is 10.0. The molecule has 0 aromatic heterocycles. The average Bonchev–Trinajstić information content (AvgIpc) is 3.05. The number of carbonyl (C=O) groups excluding carboxylic acids is 3. The summed E-state index contributed by atoms with van der Waals surface area (Å²) in [6.07, 6.45) is 1.10. The molecule has 3 rings (SSSR count). The van der Waals surface area contributed by atoms with Crippen LogP contribution in [0.4, 0.5) is 10.5 Å². The van der Waals surface area contributed by atoms with E-state index < -0.39 is 21.4 Å². The summed E-state index contributed by atoms with van der Waals surface area (Å²) in [5.74, 6) is -0.654. The lowest BCUT2D eigenvalue weighted by molar-refractivity contribution is -0.116. The van der Waals surface area contributed by atoms with E-state index >= 15 is 0 Å². The van der Waals surface area contributed by atoms with Gasteiger partial charge in [0.25, 0.3) is 0 Å². The molecule has 1 aromatic carbocycles. The van der Waals surface area contributed by atoms with Crippen LogP contribution in [0.25, 0.3) is 0 Å². The van der Waals surface area contributed by atoms with Crippen LogP contribution in [0.1, 0.15) is 56.8 Å². The highest BCUT2D eigenvalue weighted by Gasteiger charge is 2.30. The molecule has 0 radical (unpaired) electrons. The highest BCUT2D eigenvalue weighted by Crippen LogP contribution is 2.23. The first-order chi connectivity index (χ1) is 15.4. The minimum Gasteiger partial charge on any atom is -0.459 e. The van der Waals surface area contributed by atoms with E-state index in [9.17, 15) is 22.8 Å². The van der Waals surface area contributed by atoms with Crippen LogP contribution in [-0.2, 0) is 24.1 Å². The summed E-state index contributed by atoms with van der Waals surface area (Å²) in [7, 11) is -3.01. The number of esters is 1. The van der Waals surface area contributed by atoms with Gasteiger partial charge in [0.15, 0.2) is 9.84 Å². The molecule has 1 atom stereocenters. The van der Waals surface area contributed by atoms with Crippen LogP contribution in [0.2, 0.25) is 0 Å². The van der Waals surface area contributed by atoms with E-state index in [1.54, 1.807) is 29.2 Å². The monoisotopic (exact) mass is 480 g/mol. The fraction of sp³-hybridized carbons (Fsp3) is 0.609. The van der Waals surface area contributed by atoms with Crippen LogP contribution in [-0.4, -0.2) is 67.6 Å². The van der Waals surface area contributed by atoms with E-state index in [0.29, 0.717) is 43.6 Å². The summed E-state index contributed by atoms with van der Waals surface area (Å²) in [5.41, 5.74) is 0.343. The molecule has 2 aliphatic rings. The highest BCUT2D eigenvalue weighted by atomic mass is 32.2. The maximum absolute atomic E-state index is 12.5. The lowest BCUT2D eigenvalue weighted by Gasteiger charge is -2.33. The SMILES string of the molecule is CC(C)(C)OC(=O)N1CCC(OC(=O)c2ccc(NC(=O)CC3CCS(=O)(=O)C3)cc2)CC1. The quantitative estimate of drug-likeness (QED) is 0.644. The molecule has 2 amide bonds. The average molecular weight is 481 g/mol. The first-order valence-electron chi connectivity index (χ1n) is 11.2. The van der Waals surface area contributed by atoms with Gasteiger partial charge in [0.2, 0.25) is 5.91 Å². The molecule has 0 saturated carbocycles. The smallest absolute Gasteiger partial charge is 0.410 e. The van der Waals surface area contributed by atoms with Crippen LogP contribution in [0.15, 0.2) is 24.3 Å². The Balaban J connectivity index is 1.43. The molecular weight excluding hydrogens is 448 g/mol. The Labute approximate surface area is 194 Å². The number of carbonyl (C=O) groups is 3. The number of amides is 2. The van der Waals surface area contributed by atoms with E-state index in [1.807, 2.05) is 20.8 Å². The van der Waals surface area contributed by atoms with Gasteiger partial charge in [-0.1, -0.05) is 0 Å². The van der Waals surface area contributed by atoms with E-state index in [-0.39, 0.29) is 41.9 Å². The molecule has 33 heavy (non-hydrogen) atoms. The van der Waals surface area contributed by atoms with Gasteiger partial charge in [0, 0.05) is 38.0 Å². The number of piperidine rings is 1.